The molecule has 0 aliphatic carbocycles. The van der Waals surface area contributed by atoms with Gasteiger partial charge >= 0.3 is 5.97 Å². The minimum Gasteiger partial charge on any atom is -0.464 e. The van der Waals surface area contributed by atoms with E-state index in [1.54, 1.807) is 13.3 Å². The van der Waals surface area contributed by atoms with Crippen LogP contribution in [0.4, 0.5) is 8.78 Å². The Morgan fingerprint density at radius 3 is 2.53 bits per heavy atom. The number of aromatic nitrogens is 2. The highest BCUT2D eigenvalue weighted by molar-refractivity contribution is 5.96. The number of alkyl halides is 2. The smallest absolute Gasteiger partial charge is 0.324 e. The van der Waals surface area contributed by atoms with Crippen LogP contribution in [0.1, 0.15) is 83.7 Å². The van der Waals surface area contributed by atoms with Crippen molar-refractivity contribution < 1.29 is 42.2 Å². The van der Waals surface area contributed by atoms with Crippen molar-refractivity contribution in [2.45, 2.75) is 111 Å². The number of allylic oxidation sites excluding steroid dienone is 1. The molecule has 7 rings (SSSR count). The van der Waals surface area contributed by atoms with E-state index in [2.05, 4.69) is 60.3 Å². The molecule has 16 heteroatoms. The predicted octanol–water partition coefficient (Wildman–Crippen LogP) is 6.90. The number of aryl methyl sites for hydroxylation is 1. The molecule has 4 amide bonds. The highest BCUT2D eigenvalue weighted by atomic mass is 19.3. The number of benzene rings is 2. The second-order valence-electron chi connectivity index (χ2n) is 19.4. The van der Waals surface area contributed by atoms with Crippen molar-refractivity contribution in [2.24, 2.45) is 17.3 Å². The van der Waals surface area contributed by atoms with Crippen LogP contribution in [0, 0.1) is 17.3 Å². The molecule has 2 fully saturated rings. The van der Waals surface area contributed by atoms with Crippen molar-refractivity contribution in [1.82, 2.24) is 35.1 Å². The second kappa shape index (κ2) is 21.1. The molecule has 1 unspecified atom stereocenters. The van der Waals surface area contributed by atoms with Crippen molar-refractivity contribution in [2.75, 3.05) is 40.4 Å². The molecule has 14 nitrogen and oxygen atoms in total. The first-order chi connectivity index (χ1) is 32.4. The first kappa shape index (κ1) is 49.9. The summed E-state index contributed by atoms with van der Waals surface area (Å²) in [6.45, 7) is 13.2. The number of likely N-dealkylation sites (tertiary alicyclic amines) is 1. The molecule has 5 heterocycles. The van der Waals surface area contributed by atoms with Gasteiger partial charge in [-0.1, -0.05) is 58.0 Å². The molecule has 68 heavy (non-hydrogen) atoms. The van der Waals surface area contributed by atoms with Gasteiger partial charge in [0.2, 0.25) is 17.7 Å². The Hall–Kier alpha value is -6.00. The van der Waals surface area contributed by atoms with Crippen LogP contribution in [0.25, 0.3) is 33.3 Å². The highest BCUT2D eigenvalue weighted by Gasteiger charge is 2.40. The minimum absolute atomic E-state index is 0.0279. The number of carbonyl (C=O) groups excluding carboxylic acids is 5. The summed E-state index contributed by atoms with van der Waals surface area (Å²) in [5.74, 6) is -3.48. The Kier molecular flexibility index (Phi) is 15.5. The lowest BCUT2D eigenvalue weighted by Gasteiger charge is -2.37. The molecule has 2 saturated heterocycles. The van der Waals surface area contributed by atoms with Gasteiger partial charge in [-0.3, -0.25) is 34.0 Å². The van der Waals surface area contributed by atoms with E-state index in [4.69, 9.17) is 14.5 Å². The number of hydrogen-bond donors (Lipinski definition) is 2. The van der Waals surface area contributed by atoms with E-state index in [1.807, 2.05) is 51.1 Å². The Labute approximate surface area is 397 Å². The lowest BCUT2D eigenvalue weighted by molar-refractivity contribution is -0.155. The van der Waals surface area contributed by atoms with Gasteiger partial charge in [0.25, 0.3) is 12.3 Å². The summed E-state index contributed by atoms with van der Waals surface area (Å²) in [6.07, 6.45) is 1.99. The van der Waals surface area contributed by atoms with Gasteiger partial charge in [-0.25, -0.2) is 14.2 Å². The molecule has 3 aliphatic heterocycles. The van der Waals surface area contributed by atoms with Crippen molar-refractivity contribution in [3.8, 4) is 22.4 Å². The number of ether oxygens (including phenoxy) is 2. The highest BCUT2D eigenvalue weighted by Crippen LogP contribution is 2.42. The normalized spacial score (nSPS) is 21.0. The topological polar surface area (TPSA) is 155 Å². The molecule has 3 aliphatic rings. The Morgan fingerprint density at radius 1 is 1.04 bits per heavy atom. The number of hydrogen-bond acceptors (Lipinski definition) is 9. The number of cyclic esters (lactones) is 1. The van der Waals surface area contributed by atoms with E-state index in [-0.39, 0.29) is 50.6 Å². The van der Waals surface area contributed by atoms with E-state index < -0.39 is 59.6 Å². The number of likely N-dealkylation sites (N-methyl/N-ethyl adjacent to an activating group) is 1. The quantitative estimate of drug-likeness (QED) is 0.121. The van der Waals surface area contributed by atoms with Crippen LogP contribution >= 0.6 is 0 Å². The molecular weight excluding hydrogens is 873 g/mol. The summed E-state index contributed by atoms with van der Waals surface area (Å²) in [6, 6.07) is 15.4. The minimum atomic E-state index is -2.78. The van der Waals surface area contributed by atoms with Gasteiger partial charge in [0, 0.05) is 80.9 Å². The number of halogens is 2. The first-order valence-corrected chi connectivity index (χ1v) is 23.7. The monoisotopic (exact) mass is 937 g/mol. The molecule has 2 N–H and O–H groups in total. The molecule has 0 radical (unpaired) electrons. The van der Waals surface area contributed by atoms with Gasteiger partial charge in [-0.2, -0.15) is 0 Å². The molecule has 4 aromatic rings. The summed E-state index contributed by atoms with van der Waals surface area (Å²) < 4.78 is 39.7. The van der Waals surface area contributed by atoms with Gasteiger partial charge < -0.3 is 29.2 Å². The summed E-state index contributed by atoms with van der Waals surface area (Å²) in [5, 5.41) is 5.46. The third kappa shape index (κ3) is 10.8. The predicted molar refractivity (Wildman–Crippen MR) is 255 cm³/mol. The van der Waals surface area contributed by atoms with E-state index in [0.29, 0.717) is 38.3 Å². The average molecular weight is 938 g/mol. The zero-order valence-corrected chi connectivity index (χ0v) is 40.4. The zero-order chi connectivity index (χ0) is 49.0. The third-order valence-electron chi connectivity index (χ3n) is 13.5. The molecule has 2 aromatic heterocycles. The number of carbonyl (C=O) groups is 5. The van der Waals surface area contributed by atoms with Crippen LogP contribution in [-0.2, 0) is 52.8 Å². The Morgan fingerprint density at radius 2 is 1.81 bits per heavy atom. The first-order valence-electron chi connectivity index (χ1n) is 23.7. The van der Waals surface area contributed by atoms with Gasteiger partial charge in [-0.05, 0) is 98.0 Å². The number of methoxy groups -OCH3 is 1. The van der Waals surface area contributed by atoms with E-state index in [1.165, 1.54) is 21.9 Å². The van der Waals surface area contributed by atoms with Crippen LogP contribution in [0.3, 0.4) is 0 Å². The lowest BCUT2D eigenvalue weighted by atomic mass is 9.84. The van der Waals surface area contributed by atoms with Crippen molar-refractivity contribution in [3.63, 3.8) is 0 Å². The van der Waals surface area contributed by atoms with Crippen LogP contribution < -0.4 is 10.7 Å². The lowest BCUT2D eigenvalue weighted by Crippen LogP contribution is -2.62. The third-order valence-corrected chi connectivity index (χ3v) is 13.5. The summed E-state index contributed by atoms with van der Waals surface area (Å²) >= 11 is 0. The molecule has 5 atom stereocenters. The van der Waals surface area contributed by atoms with Crippen LogP contribution in [0.15, 0.2) is 72.9 Å². The fourth-order valence-electron chi connectivity index (χ4n) is 10.0. The number of esters is 1. The van der Waals surface area contributed by atoms with E-state index >= 15 is 0 Å². The van der Waals surface area contributed by atoms with Gasteiger partial charge in [-0.15, -0.1) is 0 Å². The maximum absolute atomic E-state index is 14.7. The second-order valence-corrected chi connectivity index (χ2v) is 19.4. The van der Waals surface area contributed by atoms with Gasteiger partial charge in [0.1, 0.15) is 18.1 Å². The number of nitrogens with one attached hydrogen (secondary N) is 2. The SMILES string of the molecule is CCn1c(-c2cccnc2[C@H](C)OC)c2c3cc(ccc31)-c1cccc(c1)C[C@H](NC(=O)C(C(C)C)N(C)C(=O)[C@H]1CCN(C(=O)/C=C/C(F)F)C1)C(=O)N1CCC[C@H](N1)C(=O)OCC(C)(C)C2. The van der Waals surface area contributed by atoms with E-state index in [9.17, 15) is 32.8 Å². The number of fused-ring (bicyclic) bond motifs is 6. The van der Waals surface area contributed by atoms with Crippen molar-refractivity contribution >= 4 is 40.5 Å². The number of amides is 4. The number of nitrogens with zero attached hydrogens (tertiary/aromatic N) is 5. The standard InChI is InChI=1S/C52H65F2N7O7/c1-9-60-42-18-17-35-27-38(42)39(47(60)37-15-11-22-55-45(37)32(4)67-8)28-52(5,6)30-68-51(66)40-16-12-23-61(57-40)50(65)41(26-33-13-10-14-34(35)25-33)56-48(63)46(31(2)3)58(7)49(64)36-21-24-59(29-36)44(62)20-19-43(53)54/h10-11,13-15,17-20,22,25,27,31-32,36,40-41,43,46,57H,9,12,16,21,23-24,26,28-30H2,1-8H3,(H,56,63)/b20-19+/t32-,36-,40-,41-,46?/m0/s1. The fourth-order valence-corrected chi connectivity index (χ4v) is 10.0. The Balaban J connectivity index is 1.26. The molecule has 2 aromatic carbocycles. The summed E-state index contributed by atoms with van der Waals surface area (Å²) in [5.41, 5.74) is 10.2. The number of hydrazine groups is 1. The molecular formula is C52H65F2N7O7. The summed E-state index contributed by atoms with van der Waals surface area (Å²) in [4.78, 5) is 77.2. The van der Waals surface area contributed by atoms with Crippen molar-refractivity contribution in [3.05, 3.63) is 89.8 Å². The van der Waals surface area contributed by atoms with Crippen LogP contribution in [0.2, 0.25) is 0 Å². The maximum atomic E-state index is 14.7. The maximum Gasteiger partial charge on any atom is 0.324 e. The summed E-state index contributed by atoms with van der Waals surface area (Å²) in [7, 11) is 3.21. The van der Waals surface area contributed by atoms with Gasteiger partial charge in [0.15, 0.2) is 0 Å². The zero-order valence-electron chi connectivity index (χ0n) is 40.4. The fraction of sp³-hybridized carbons (Fsp3) is 0.500. The van der Waals surface area contributed by atoms with Crippen LogP contribution in [-0.4, -0.2) is 119 Å². The molecule has 6 bridgehead atoms. The van der Waals surface area contributed by atoms with Crippen LogP contribution in [0.5, 0.6) is 0 Å². The molecule has 0 spiro atoms. The van der Waals surface area contributed by atoms with Gasteiger partial charge in [0.05, 0.1) is 30.0 Å². The number of pyridine rings is 1. The Bertz CT molecular complexity index is 2560. The average Bonchev–Trinajstić information content (AvgIpc) is 3.94. The van der Waals surface area contributed by atoms with E-state index in [0.717, 1.165) is 56.2 Å². The largest absolute Gasteiger partial charge is 0.464 e. The van der Waals surface area contributed by atoms with Crippen molar-refractivity contribution in [1.29, 1.82) is 0 Å². The molecule has 0 saturated carbocycles. The number of rotatable bonds is 11. The molecule has 364 valence electrons.